The van der Waals surface area contributed by atoms with Gasteiger partial charge in [-0.2, -0.15) is 5.26 Å². The van der Waals surface area contributed by atoms with Crippen LogP contribution in [0, 0.1) is 17.1 Å². The number of nitriles is 1. The number of fused-ring (bicyclic) bond motifs is 2. The van der Waals surface area contributed by atoms with Gasteiger partial charge in [0.15, 0.2) is 11.5 Å². The summed E-state index contributed by atoms with van der Waals surface area (Å²) in [5.74, 6) is 1.22. The van der Waals surface area contributed by atoms with Gasteiger partial charge in [0.1, 0.15) is 24.3 Å². The standard InChI is InChI=1S/C29H22FN3O2/c1-2-34-28-15-19(13-23(17-31)29-32-25-11-10-24(30)16-26(25)33-29)8-12-27(28)35-18-20-7-9-21-5-3-4-6-22(21)14-20/h3-16H,2,18H2,1H3,(H,32,33)/b23-13-. The zero-order chi connectivity index (χ0) is 24.2. The van der Waals surface area contributed by atoms with Crippen LogP contribution in [0.5, 0.6) is 11.5 Å². The van der Waals surface area contributed by atoms with Crippen molar-refractivity contribution in [2.24, 2.45) is 0 Å². The number of hydrogen-bond donors (Lipinski definition) is 1. The SMILES string of the molecule is CCOc1cc(/C=C(/C#N)c2nc3ccc(F)cc3[nH]2)ccc1OCc1ccc2ccccc2c1. The number of rotatable bonds is 7. The minimum Gasteiger partial charge on any atom is -0.490 e. The molecule has 0 aliphatic carbocycles. The lowest BCUT2D eigenvalue weighted by molar-refractivity contribution is 0.269. The summed E-state index contributed by atoms with van der Waals surface area (Å²) in [6, 6.07) is 26.4. The molecular weight excluding hydrogens is 441 g/mol. The molecule has 0 spiro atoms. The molecule has 5 nitrogen and oxygen atoms in total. The van der Waals surface area contributed by atoms with E-state index in [9.17, 15) is 9.65 Å². The summed E-state index contributed by atoms with van der Waals surface area (Å²) in [7, 11) is 0. The fourth-order valence-electron chi connectivity index (χ4n) is 3.92. The molecule has 0 saturated carbocycles. The predicted molar refractivity (Wildman–Crippen MR) is 135 cm³/mol. The summed E-state index contributed by atoms with van der Waals surface area (Å²) in [5, 5.41) is 12.1. The summed E-state index contributed by atoms with van der Waals surface area (Å²) in [6.45, 7) is 2.78. The Hall–Kier alpha value is -4.63. The van der Waals surface area contributed by atoms with E-state index in [0.29, 0.717) is 47.1 Å². The molecule has 0 fully saturated rings. The van der Waals surface area contributed by atoms with Gasteiger partial charge in [0.05, 0.1) is 23.2 Å². The minimum atomic E-state index is -0.365. The average Bonchev–Trinajstić information content (AvgIpc) is 3.30. The number of imidazole rings is 1. The van der Waals surface area contributed by atoms with E-state index < -0.39 is 0 Å². The molecule has 1 N–H and O–H groups in total. The first-order valence-electron chi connectivity index (χ1n) is 11.3. The van der Waals surface area contributed by atoms with E-state index in [0.717, 1.165) is 16.5 Å². The van der Waals surface area contributed by atoms with Gasteiger partial charge in [0.2, 0.25) is 0 Å². The highest BCUT2D eigenvalue weighted by molar-refractivity contribution is 5.90. The summed E-state index contributed by atoms with van der Waals surface area (Å²) in [4.78, 5) is 7.43. The molecule has 1 aromatic heterocycles. The highest BCUT2D eigenvalue weighted by atomic mass is 19.1. The van der Waals surface area contributed by atoms with E-state index in [-0.39, 0.29) is 5.82 Å². The van der Waals surface area contributed by atoms with Crippen molar-refractivity contribution in [3.8, 4) is 17.6 Å². The van der Waals surface area contributed by atoms with Crippen molar-refractivity contribution < 1.29 is 13.9 Å². The zero-order valence-electron chi connectivity index (χ0n) is 19.1. The van der Waals surface area contributed by atoms with E-state index in [1.165, 1.54) is 17.5 Å². The van der Waals surface area contributed by atoms with E-state index >= 15 is 0 Å². The molecule has 5 aromatic rings. The van der Waals surface area contributed by atoms with Crippen molar-refractivity contribution in [2.45, 2.75) is 13.5 Å². The molecule has 172 valence electrons. The third-order valence-electron chi connectivity index (χ3n) is 5.61. The summed E-state index contributed by atoms with van der Waals surface area (Å²) in [6.07, 6.45) is 1.71. The Morgan fingerprint density at radius 2 is 1.83 bits per heavy atom. The maximum Gasteiger partial charge on any atom is 0.161 e. The molecule has 6 heteroatoms. The molecule has 0 atom stereocenters. The molecule has 35 heavy (non-hydrogen) atoms. The lowest BCUT2D eigenvalue weighted by Gasteiger charge is -2.13. The Kier molecular flexibility index (Phi) is 6.15. The molecule has 0 aliphatic heterocycles. The highest BCUT2D eigenvalue weighted by Crippen LogP contribution is 2.31. The van der Waals surface area contributed by atoms with E-state index in [2.05, 4.69) is 46.4 Å². The number of aromatic amines is 1. The van der Waals surface area contributed by atoms with Gasteiger partial charge in [-0.1, -0.05) is 42.5 Å². The first kappa shape index (κ1) is 22.2. The Bertz CT molecular complexity index is 1600. The van der Waals surface area contributed by atoms with Crippen molar-refractivity contribution in [2.75, 3.05) is 6.61 Å². The van der Waals surface area contributed by atoms with Crippen molar-refractivity contribution in [3.05, 3.63) is 102 Å². The van der Waals surface area contributed by atoms with Crippen molar-refractivity contribution in [3.63, 3.8) is 0 Å². The maximum absolute atomic E-state index is 13.5. The maximum atomic E-state index is 13.5. The first-order chi connectivity index (χ1) is 17.1. The quantitative estimate of drug-likeness (QED) is 0.267. The lowest BCUT2D eigenvalue weighted by Crippen LogP contribution is -2.00. The van der Waals surface area contributed by atoms with Gasteiger partial charge in [0, 0.05) is 0 Å². The minimum absolute atomic E-state index is 0.328. The number of allylic oxidation sites excluding steroid dienone is 1. The van der Waals surface area contributed by atoms with Gasteiger partial charge >= 0.3 is 0 Å². The molecule has 0 saturated heterocycles. The van der Waals surface area contributed by atoms with Crippen LogP contribution in [0.1, 0.15) is 23.9 Å². The second-order valence-electron chi connectivity index (χ2n) is 8.03. The number of aromatic nitrogens is 2. The van der Waals surface area contributed by atoms with Gasteiger partial charge in [-0.25, -0.2) is 9.37 Å². The number of halogens is 1. The van der Waals surface area contributed by atoms with Gasteiger partial charge in [0.25, 0.3) is 0 Å². The number of ether oxygens (including phenoxy) is 2. The summed E-state index contributed by atoms with van der Waals surface area (Å²) >= 11 is 0. The Morgan fingerprint density at radius 1 is 0.971 bits per heavy atom. The topological polar surface area (TPSA) is 70.9 Å². The van der Waals surface area contributed by atoms with Gasteiger partial charge in [-0.05, 0) is 71.3 Å². The second-order valence-corrected chi connectivity index (χ2v) is 8.03. The van der Waals surface area contributed by atoms with Crippen LogP contribution in [0.2, 0.25) is 0 Å². The van der Waals surface area contributed by atoms with Crippen LogP contribution in [0.4, 0.5) is 4.39 Å². The molecule has 0 amide bonds. The first-order valence-corrected chi connectivity index (χ1v) is 11.3. The molecule has 0 aliphatic rings. The molecule has 4 aromatic carbocycles. The van der Waals surface area contributed by atoms with E-state index in [1.54, 1.807) is 12.1 Å². The second kappa shape index (κ2) is 9.70. The Morgan fingerprint density at radius 3 is 2.66 bits per heavy atom. The van der Waals surface area contributed by atoms with Gasteiger partial charge < -0.3 is 14.5 Å². The fourth-order valence-corrected chi connectivity index (χ4v) is 3.92. The van der Waals surface area contributed by atoms with Crippen LogP contribution in [0.25, 0.3) is 33.5 Å². The van der Waals surface area contributed by atoms with Crippen LogP contribution < -0.4 is 9.47 Å². The van der Waals surface area contributed by atoms with Gasteiger partial charge in [-0.3, -0.25) is 0 Å². The molecule has 5 rings (SSSR count). The number of nitrogens with one attached hydrogen (secondary N) is 1. The molecule has 0 bridgehead atoms. The third-order valence-corrected chi connectivity index (χ3v) is 5.61. The average molecular weight is 464 g/mol. The van der Waals surface area contributed by atoms with Crippen LogP contribution in [0.3, 0.4) is 0 Å². The van der Waals surface area contributed by atoms with Crippen molar-refractivity contribution in [1.29, 1.82) is 5.26 Å². The number of H-pyrrole nitrogens is 1. The Balaban J connectivity index is 1.40. The fraction of sp³-hybridized carbons (Fsp3) is 0.103. The van der Waals surface area contributed by atoms with Crippen LogP contribution >= 0.6 is 0 Å². The summed E-state index contributed by atoms with van der Waals surface area (Å²) < 4.78 is 25.4. The smallest absolute Gasteiger partial charge is 0.161 e. The molecule has 0 radical (unpaired) electrons. The monoisotopic (exact) mass is 463 g/mol. The highest BCUT2D eigenvalue weighted by Gasteiger charge is 2.11. The molecule has 1 heterocycles. The number of hydrogen-bond acceptors (Lipinski definition) is 4. The Labute approximate surface area is 202 Å². The molecular formula is C29H22FN3O2. The van der Waals surface area contributed by atoms with Gasteiger partial charge in [-0.15, -0.1) is 0 Å². The predicted octanol–water partition coefficient (Wildman–Crippen LogP) is 6.90. The van der Waals surface area contributed by atoms with E-state index in [4.69, 9.17) is 9.47 Å². The van der Waals surface area contributed by atoms with Crippen LogP contribution in [-0.2, 0) is 6.61 Å². The summed E-state index contributed by atoms with van der Waals surface area (Å²) in [5.41, 5.74) is 3.27. The van der Waals surface area contributed by atoms with Crippen molar-refractivity contribution in [1.82, 2.24) is 9.97 Å². The van der Waals surface area contributed by atoms with E-state index in [1.807, 2.05) is 37.3 Å². The normalized spacial score (nSPS) is 11.5. The lowest BCUT2D eigenvalue weighted by atomic mass is 10.1. The van der Waals surface area contributed by atoms with Crippen LogP contribution in [0.15, 0.2) is 78.9 Å². The molecule has 0 unspecified atom stereocenters. The van der Waals surface area contributed by atoms with Crippen LogP contribution in [-0.4, -0.2) is 16.6 Å². The number of benzene rings is 4. The van der Waals surface area contributed by atoms with Crippen molar-refractivity contribution >= 4 is 33.5 Å². The largest absolute Gasteiger partial charge is 0.490 e. The third kappa shape index (κ3) is 4.85. The zero-order valence-corrected chi connectivity index (χ0v) is 19.1. The number of nitrogens with zero attached hydrogens (tertiary/aromatic N) is 2.